The first-order valence-corrected chi connectivity index (χ1v) is 9.48. The van der Waals surface area contributed by atoms with E-state index < -0.39 is 0 Å². The van der Waals surface area contributed by atoms with E-state index in [2.05, 4.69) is 31.3 Å². The first kappa shape index (κ1) is 18.8. The van der Waals surface area contributed by atoms with Gasteiger partial charge in [0.2, 0.25) is 5.91 Å². The molecule has 26 heavy (non-hydrogen) atoms. The number of carbonyl (C=O) groups excluding carboxylic acids is 2. The van der Waals surface area contributed by atoms with Gasteiger partial charge >= 0.3 is 5.97 Å². The quantitative estimate of drug-likeness (QED) is 0.467. The normalized spacial score (nSPS) is 28.2. The molecule has 1 aromatic rings. The number of aromatic nitrogens is 4. The number of nitrogens with zero attached hydrogens (tertiary/aromatic N) is 3. The number of amides is 1. The Morgan fingerprint density at radius 2 is 2.15 bits per heavy atom. The SMILES string of the molecule is CC(=O)NCCOC(=O)[C@@H]1C[C@H]2C[C@@H](CCc3nn[nH]n3)CC[C@H]2CN1. The smallest absolute Gasteiger partial charge is 0.323 e. The molecule has 1 saturated heterocycles. The molecule has 2 aliphatic rings. The Labute approximate surface area is 153 Å². The highest BCUT2D eigenvalue weighted by molar-refractivity contribution is 5.76. The molecular formula is C17H28N6O3. The Hall–Kier alpha value is -2.03. The highest BCUT2D eigenvalue weighted by Gasteiger charge is 2.38. The van der Waals surface area contributed by atoms with Crippen LogP contribution in [0.3, 0.4) is 0 Å². The van der Waals surface area contributed by atoms with Gasteiger partial charge in [0.1, 0.15) is 12.6 Å². The maximum atomic E-state index is 12.3. The second-order valence-corrected chi connectivity index (χ2v) is 7.41. The van der Waals surface area contributed by atoms with Gasteiger partial charge in [0.25, 0.3) is 0 Å². The number of hydrogen-bond donors (Lipinski definition) is 3. The van der Waals surface area contributed by atoms with Gasteiger partial charge in [-0.1, -0.05) is 11.6 Å². The molecule has 1 aliphatic heterocycles. The number of aromatic amines is 1. The van der Waals surface area contributed by atoms with Crippen LogP contribution in [0.15, 0.2) is 0 Å². The molecule has 0 unspecified atom stereocenters. The van der Waals surface area contributed by atoms with E-state index in [1.165, 1.54) is 19.8 Å². The number of H-pyrrole nitrogens is 1. The molecule has 0 aromatic carbocycles. The van der Waals surface area contributed by atoms with Crippen LogP contribution >= 0.6 is 0 Å². The van der Waals surface area contributed by atoms with Crippen LogP contribution in [-0.2, 0) is 20.7 Å². The lowest BCUT2D eigenvalue weighted by molar-refractivity contribution is -0.148. The van der Waals surface area contributed by atoms with Crippen LogP contribution in [0, 0.1) is 17.8 Å². The average molecular weight is 364 g/mol. The summed E-state index contributed by atoms with van der Waals surface area (Å²) in [6.45, 7) is 2.91. The monoisotopic (exact) mass is 364 g/mol. The van der Waals surface area contributed by atoms with Crippen LogP contribution in [0.25, 0.3) is 0 Å². The van der Waals surface area contributed by atoms with Crippen molar-refractivity contribution < 1.29 is 14.3 Å². The van der Waals surface area contributed by atoms with E-state index >= 15 is 0 Å². The van der Waals surface area contributed by atoms with Crippen molar-refractivity contribution in [2.24, 2.45) is 17.8 Å². The van der Waals surface area contributed by atoms with Crippen molar-refractivity contribution in [3.05, 3.63) is 5.82 Å². The Balaban J connectivity index is 1.41. The third-order valence-corrected chi connectivity index (χ3v) is 5.58. The molecule has 1 aliphatic carbocycles. The van der Waals surface area contributed by atoms with E-state index in [1.54, 1.807) is 0 Å². The van der Waals surface area contributed by atoms with Gasteiger partial charge in [0.05, 0.1) is 6.54 Å². The zero-order chi connectivity index (χ0) is 18.4. The fourth-order valence-corrected chi connectivity index (χ4v) is 4.20. The number of tetrazole rings is 1. The molecule has 3 N–H and O–H groups in total. The minimum atomic E-state index is -0.232. The van der Waals surface area contributed by atoms with E-state index in [9.17, 15) is 9.59 Å². The molecular weight excluding hydrogens is 336 g/mol. The van der Waals surface area contributed by atoms with Crippen molar-refractivity contribution in [2.75, 3.05) is 19.7 Å². The van der Waals surface area contributed by atoms with E-state index in [4.69, 9.17) is 4.74 Å². The Bertz CT molecular complexity index is 593. The minimum Gasteiger partial charge on any atom is -0.463 e. The molecule has 1 saturated carbocycles. The number of fused-ring (bicyclic) bond motifs is 1. The number of aryl methyl sites for hydroxylation is 1. The van der Waals surface area contributed by atoms with Gasteiger partial charge in [0.15, 0.2) is 5.82 Å². The van der Waals surface area contributed by atoms with Crippen molar-refractivity contribution in [1.29, 1.82) is 0 Å². The third kappa shape index (κ3) is 5.23. The molecule has 0 spiro atoms. The van der Waals surface area contributed by atoms with Crippen LogP contribution in [0.1, 0.15) is 44.9 Å². The summed E-state index contributed by atoms with van der Waals surface area (Å²) < 4.78 is 5.29. The molecule has 2 fully saturated rings. The summed E-state index contributed by atoms with van der Waals surface area (Å²) in [7, 11) is 0. The maximum Gasteiger partial charge on any atom is 0.323 e. The second-order valence-electron chi connectivity index (χ2n) is 7.41. The first-order chi connectivity index (χ1) is 12.6. The standard InChI is InChI=1S/C17H28N6O3/c1-11(24)18-6-7-26-17(25)15-9-14-8-12(2-4-13(14)10-19-15)3-5-16-20-22-23-21-16/h12-15,19H,2-10H2,1H3,(H,18,24)(H,20,21,22,23)/t12-,13+,14-,15+/m1/s1. The number of rotatable bonds is 7. The van der Waals surface area contributed by atoms with Gasteiger partial charge < -0.3 is 15.4 Å². The molecule has 1 amide bonds. The van der Waals surface area contributed by atoms with Gasteiger partial charge in [-0.15, -0.1) is 10.2 Å². The number of nitrogens with one attached hydrogen (secondary N) is 3. The predicted molar refractivity (Wildman–Crippen MR) is 92.9 cm³/mol. The fraction of sp³-hybridized carbons (Fsp3) is 0.824. The van der Waals surface area contributed by atoms with E-state index in [1.807, 2.05) is 0 Å². The summed E-state index contributed by atoms with van der Waals surface area (Å²) in [6, 6.07) is -0.232. The van der Waals surface area contributed by atoms with E-state index in [-0.39, 0.29) is 24.5 Å². The van der Waals surface area contributed by atoms with Crippen LogP contribution in [-0.4, -0.2) is 58.2 Å². The lowest BCUT2D eigenvalue weighted by Crippen LogP contribution is -2.50. The van der Waals surface area contributed by atoms with Crippen molar-refractivity contribution in [2.45, 2.75) is 51.5 Å². The third-order valence-electron chi connectivity index (χ3n) is 5.58. The van der Waals surface area contributed by atoms with Crippen LogP contribution in [0.2, 0.25) is 0 Å². The Morgan fingerprint density at radius 1 is 1.27 bits per heavy atom. The molecule has 2 heterocycles. The molecule has 4 atom stereocenters. The summed E-state index contributed by atoms with van der Waals surface area (Å²) in [5, 5.41) is 20.1. The number of esters is 1. The highest BCUT2D eigenvalue weighted by Crippen LogP contribution is 2.40. The first-order valence-electron chi connectivity index (χ1n) is 9.48. The van der Waals surface area contributed by atoms with Crippen LogP contribution < -0.4 is 10.6 Å². The van der Waals surface area contributed by atoms with E-state index in [0.29, 0.717) is 24.3 Å². The Morgan fingerprint density at radius 3 is 2.92 bits per heavy atom. The van der Waals surface area contributed by atoms with Gasteiger partial charge in [-0.05, 0) is 50.0 Å². The minimum absolute atomic E-state index is 0.117. The van der Waals surface area contributed by atoms with Crippen molar-refractivity contribution in [3.63, 3.8) is 0 Å². The second kappa shape index (κ2) is 9.07. The lowest BCUT2D eigenvalue weighted by atomic mass is 9.69. The zero-order valence-electron chi connectivity index (χ0n) is 15.2. The summed E-state index contributed by atoms with van der Waals surface area (Å²) in [5.74, 6) is 2.33. The van der Waals surface area contributed by atoms with Crippen molar-refractivity contribution in [1.82, 2.24) is 31.3 Å². The van der Waals surface area contributed by atoms with E-state index in [0.717, 1.165) is 38.1 Å². The van der Waals surface area contributed by atoms with Gasteiger partial charge in [-0.3, -0.25) is 9.59 Å². The number of carbonyl (C=O) groups is 2. The predicted octanol–water partition coefficient (Wildman–Crippen LogP) is 0.206. The molecule has 3 rings (SSSR count). The molecule has 0 radical (unpaired) electrons. The van der Waals surface area contributed by atoms with Gasteiger partial charge in [-0.2, -0.15) is 5.21 Å². The van der Waals surface area contributed by atoms with Gasteiger partial charge in [-0.25, -0.2) is 0 Å². The Kier molecular flexibility index (Phi) is 6.54. The van der Waals surface area contributed by atoms with Crippen molar-refractivity contribution in [3.8, 4) is 0 Å². The molecule has 0 bridgehead atoms. The number of ether oxygens (including phenoxy) is 1. The molecule has 9 nitrogen and oxygen atoms in total. The number of piperidine rings is 1. The molecule has 144 valence electrons. The fourth-order valence-electron chi connectivity index (χ4n) is 4.20. The molecule has 9 heteroatoms. The topological polar surface area (TPSA) is 122 Å². The zero-order valence-corrected chi connectivity index (χ0v) is 15.2. The summed E-state index contributed by atoms with van der Waals surface area (Å²) in [6.07, 6.45) is 6.35. The average Bonchev–Trinajstić information content (AvgIpc) is 3.16. The summed E-state index contributed by atoms with van der Waals surface area (Å²) in [5.41, 5.74) is 0. The molecule has 1 aromatic heterocycles. The summed E-state index contributed by atoms with van der Waals surface area (Å²) in [4.78, 5) is 23.1. The van der Waals surface area contributed by atoms with Gasteiger partial charge in [0, 0.05) is 13.3 Å². The number of hydrogen-bond acceptors (Lipinski definition) is 7. The van der Waals surface area contributed by atoms with Crippen LogP contribution in [0.4, 0.5) is 0 Å². The van der Waals surface area contributed by atoms with Crippen molar-refractivity contribution >= 4 is 11.9 Å². The lowest BCUT2D eigenvalue weighted by Gasteiger charge is -2.42. The van der Waals surface area contributed by atoms with Crippen LogP contribution in [0.5, 0.6) is 0 Å². The highest BCUT2D eigenvalue weighted by atomic mass is 16.5. The summed E-state index contributed by atoms with van der Waals surface area (Å²) >= 11 is 0. The largest absolute Gasteiger partial charge is 0.463 e. The maximum absolute atomic E-state index is 12.3.